The Kier molecular flexibility index (Phi) is 2.60. The van der Waals surface area contributed by atoms with Crippen LogP contribution in [0.5, 0.6) is 0 Å². The van der Waals surface area contributed by atoms with Gasteiger partial charge in [0.15, 0.2) is 0 Å². The number of aromatic nitrogens is 5. The lowest BCUT2D eigenvalue weighted by Gasteiger charge is -2.04. The van der Waals surface area contributed by atoms with Gasteiger partial charge in [0.05, 0.1) is 6.20 Å². The summed E-state index contributed by atoms with van der Waals surface area (Å²) in [5.41, 5.74) is 0. The highest BCUT2D eigenvalue weighted by molar-refractivity contribution is 7.92. The second-order valence-electron chi connectivity index (χ2n) is 3.00. The number of sulfonamides is 1. The molecule has 0 spiro atoms. The molecule has 2 aromatic rings. The first-order valence-corrected chi connectivity index (χ1v) is 6.00. The van der Waals surface area contributed by atoms with Crippen LogP contribution in [0.2, 0.25) is 0 Å². The third-order valence-electron chi connectivity index (χ3n) is 1.89. The average molecular weight is 242 g/mol. The quantitative estimate of drug-likeness (QED) is 0.774. The van der Waals surface area contributed by atoms with Gasteiger partial charge in [0.25, 0.3) is 10.0 Å². The van der Waals surface area contributed by atoms with Crippen LogP contribution in [0.25, 0.3) is 0 Å². The van der Waals surface area contributed by atoms with Crippen LogP contribution in [0.4, 0.5) is 0 Å². The molecule has 0 aliphatic heterocycles. The fourth-order valence-corrected chi connectivity index (χ4v) is 2.02. The summed E-state index contributed by atoms with van der Waals surface area (Å²) in [5.74, 6) is 0. The van der Waals surface area contributed by atoms with Crippen LogP contribution >= 0.6 is 0 Å². The van der Waals surface area contributed by atoms with E-state index < -0.39 is 10.0 Å². The molecule has 8 nitrogen and oxygen atoms in total. The van der Waals surface area contributed by atoms with Gasteiger partial charge in [-0.25, -0.2) is 9.51 Å². The molecule has 0 atom stereocenters. The van der Waals surface area contributed by atoms with Gasteiger partial charge in [-0.15, -0.1) is 10.2 Å². The predicted molar refractivity (Wildman–Crippen MR) is 54.5 cm³/mol. The van der Waals surface area contributed by atoms with Gasteiger partial charge in [-0.2, -0.15) is 13.5 Å². The highest BCUT2D eigenvalue weighted by atomic mass is 32.2. The predicted octanol–water partition coefficient (Wildman–Crippen LogP) is -0.573. The normalized spacial score (nSPS) is 11.6. The van der Waals surface area contributed by atoms with E-state index in [1.54, 1.807) is 0 Å². The van der Waals surface area contributed by atoms with Crippen LogP contribution in [0, 0.1) is 0 Å². The Bertz CT molecular complexity index is 557. The van der Waals surface area contributed by atoms with Crippen LogP contribution in [0.1, 0.15) is 6.92 Å². The first kappa shape index (κ1) is 10.6. The molecule has 0 amide bonds. The van der Waals surface area contributed by atoms with E-state index in [0.717, 1.165) is 4.68 Å². The summed E-state index contributed by atoms with van der Waals surface area (Å²) in [6.45, 7) is 2.48. The minimum Gasteiger partial charge on any atom is -0.272 e. The fraction of sp³-hybridized carbons (Fsp3) is 0.286. The van der Waals surface area contributed by atoms with Crippen LogP contribution in [0.3, 0.4) is 0 Å². The Hall–Kier alpha value is -1.90. The molecule has 2 heterocycles. The molecule has 16 heavy (non-hydrogen) atoms. The number of hydrogen-bond donors (Lipinski definition) is 1. The fourth-order valence-electron chi connectivity index (χ4n) is 1.10. The SMILES string of the molecule is CCn1cc(S(=O)(=O)Nn2cnnc2)cn1. The van der Waals surface area contributed by atoms with Crippen LogP contribution in [0.15, 0.2) is 29.9 Å². The lowest BCUT2D eigenvalue weighted by Crippen LogP contribution is -2.21. The Morgan fingerprint density at radius 3 is 2.62 bits per heavy atom. The molecule has 0 fully saturated rings. The van der Waals surface area contributed by atoms with Crippen molar-refractivity contribution in [1.29, 1.82) is 0 Å². The van der Waals surface area contributed by atoms with Crippen molar-refractivity contribution in [3.05, 3.63) is 25.0 Å². The van der Waals surface area contributed by atoms with Crippen molar-refractivity contribution in [3.63, 3.8) is 0 Å². The van der Waals surface area contributed by atoms with E-state index in [2.05, 4.69) is 20.1 Å². The molecule has 0 aliphatic rings. The molecule has 2 rings (SSSR count). The van der Waals surface area contributed by atoms with E-state index in [0.29, 0.717) is 6.54 Å². The first-order chi connectivity index (χ1) is 7.62. The van der Waals surface area contributed by atoms with Gasteiger partial charge >= 0.3 is 0 Å². The molecular formula is C7H10N6O2S. The summed E-state index contributed by atoms with van der Waals surface area (Å²) in [6, 6.07) is 0. The van der Waals surface area contributed by atoms with Crippen LogP contribution in [-0.2, 0) is 16.6 Å². The van der Waals surface area contributed by atoms with E-state index in [9.17, 15) is 8.42 Å². The number of nitrogens with one attached hydrogen (secondary N) is 1. The number of hydrogen-bond acceptors (Lipinski definition) is 5. The molecule has 0 saturated carbocycles. The van der Waals surface area contributed by atoms with E-state index in [4.69, 9.17) is 0 Å². The summed E-state index contributed by atoms with van der Waals surface area (Å²) in [5, 5.41) is 10.9. The minimum atomic E-state index is -3.62. The molecule has 1 N–H and O–H groups in total. The van der Waals surface area contributed by atoms with Crippen LogP contribution in [-0.4, -0.2) is 33.1 Å². The molecule has 0 aliphatic carbocycles. The van der Waals surface area contributed by atoms with E-state index in [-0.39, 0.29) is 4.90 Å². The molecule has 86 valence electrons. The van der Waals surface area contributed by atoms with Crippen molar-refractivity contribution in [2.24, 2.45) is 0 Å². The van der Waals surface area contributed by atoms with Crippen molar-refractivity contribution in [1.82, 2.24) is 24.7 Å². The molecule has 0 bridgehead atoms. The summed E-state index contributed by atoms with van der Waals surface area (Å²) in [7, 11) is -3.62. The van der Waals surface area contributed by atoms with Crippen molar-refractivity contribution >= 4 is 10.0 Å². The van der Waals surface area contributed by atoms with Crippen molar-refractivity contribution in [2.75, 3.05) is 4.83 Å². The Labute approximate surface area is 91.9 Å². The zero-order chi connectivity index (χ0) is 11.6. The highest BCUT2D eigenvalue weighted by Gasteiger charge is 2.16. The van der Waals surface area contributed by atoms with Gasteiger partial charge in [0.2, 0.25) is 0 Å². The minimum absolute atomic E-state index is 0.100. The van der Waals surface area contributed by atoms with Gasteiger partial charge in [-0.1, -0.05) is 0 Å². The van der Waals surface area contributed by atoms with Gasteiger partial charge < -0.3 is 0 Å². The lowest BCUT2D eigenvalue weighted by molar-refractivity contribution is 0.594. The highest BCUT2D eigenvalue weighted by Crippen LogP contribution is 2.07. The molecule has 0 unspecified atom stereocenters. The van der Waals surface area contributed by atoms with Crippen molar-refractivity contribution in [3.8, 4) is 0 Å². The summed E-state index contributed by atoms with van der Waals surface area (Å²) in [4.78, 5) is 2.36. The Balaban J connectivity index is 2.25. The molecule has 2 aromatic heterocycles. The molecule has 9 heteroatoms. The number of nitrogens with zero attached hydrogens (tertiary/aromatic N) is 5. The van der Waals surface area contributed by atoms with E-state index in [1.165, 1.54) is 29.7 Å². The first-order valence-electron chi connectivity index (χ1n) is 4.52. The maximum absolute atomic E-state index is 11.8. The molecule has 0 aromatic carbocycles. The standard InChI is InChI=1S/C7H10N6O2S/c1-2-12-4-7(3-10-12)16(14,15)11-13-5-8-9-6-13/h3-6,11H,2H2,1H3. The summed E-state index contributed by atoms with van der Waals surface area (Å²) in [6.07, 6.45) is 5.24. The van der Waals surface area contributed by atoms with E-state index in [1.807, 2.05) is 6.92 Å². The van der Waals surface area contributed by atoms with Crippen molar-refractivity contribution < 1.29 is 8.42 Å². The third kappa shape index (κ3) is 2.03. The Morgan fingerprint density at radius 1 is 1.38 bits per heavy atom. The third-order valence-corrected chi connectivity index (χ3v) is 3.17. The smallest absolute Gasteiger partial charge is 0.272 e. The van der Waals surface area contributed by atoms with Crippen molar-refractivity contribution in [2.45, 2.75) is 18.4 Å². The molecular weight excluding hydrogens is 232 g/mol. The van der Waals surface area contributed by atoms with Crippen LogP contribution < -0.4 is 4.83 Å². The average Bonchev–Trinajstić information content (AvgIpc) is 2.85. The second kappa shape index (κ2) is 3.93. The molecule has 0 radical (unpaired) electrons. The zero-order valence-corrected chi connectivity index (χ0v) is 9.29. The van der Waals surface area contributed by atoms with Gasteiger partial charge in [-0.3, -0.25) is 4.68 Å². The summed E-state index contributed by atoms with van der Waals surface area (Å²) < 4.78 is 26.3. The number of aryl methyl sites for hydroxylation is 1. The van der Waals surface area contributed by atoms with Gasteiger partial charge in [0, 0.05) is 12.7 Å². The zero-order valence-electron chi connectivity index (χ0n) is 8.48. The van der Waals surface area contributed by atoms with Gasteiger partial charge in [0.1, 0.15) is 17.6 Å². The monoisotopic (exact) mass is 242 g/mol. The maximum atomic E-state index is 11.8. The number of rotatable bonds is 4. The lowest BCUT2D eigenvalue weighted by atomic mass is 10.7. The Morgan fingerprint density at radius 2 is 2.06 bits per heavy atom. The topological polar surface area (TPSA) is 94.7 Å². The van der Waals surface area contributed by atoms with Gasteiger partial charge in [-0.05, 0) is 6.92 Å². The summed E-state index contributed by atoms with van der Waals surface area (Å²) >= 11 is 0. The van der Waals surface area contributed by atoms with E-state index >= 15 is 0 Å². The largest absolute Gasteiger partial charge is 0.278 e. The second-order valence-corrected chi connectivity index (χ2v) is 4.66. The maximum Gasteiger partial charge on any atom is 0.278 e. The molecule has 0 saturated heterocycles.